The van der Waals surface area contributed by atoms with E-state index in [1.165, 1.54) is 31.9 Å². The molecule has 1 fully saturated rings. The number of primary amides is 1. The molecule has 2 aliphatic rings. The van der Waals surface area contributed by atoms with Crippen LogP contribution < -0.4 is 10.6 Å². The zero-order valence-corrected chi connectivity index (χ0v) is 24.7. The number of nitrogens with zero attached hydrogens (tertiary/aromatic N) is 4. The molecule has 1 atom stereocenters. The Balaban J connectivity index is 1.84. The van der Waals surface area contributed by atoms with Crippen LogP contribution in [0.4, 0.5) is 23.7 Å². The maximum absolute atomic E-state index is 13.6. The van der Waals surface area contributed by atoms with Crippen molar-refractivity contribution in [1.29, 1.82) is 10.7 Å². The fourth-order valence-corrected chi connectivity index (χ4v) is 5.82. The van der Waals surface area contributed by atoms with Crippen molar-refractivity contribution in [3.05, 3.63) is 76.0 Å². The molecule has 1 aliphatic carbocycles. The molecular formula is C31H36F3N6O3+. The third-order valence-corrected chi connectivity index (χ3v) is 8.00. The lowest BCUT2D eigenvalue weighted by Gasteiger charge is -2.43. The van der Waals surface area contributed by atoms with E-state index in [0.29, 0.717) is 23.1 Å². The Morgan fingerprint density at radius 3 is 2.47 bits per heavy atom. The topological polar surface area (TPSA) is 124 Å². The molecule has 0 aromatic heterocycles. The number of carbonyl (C=O) groups excluding carboxylic acids is 2. The number of nitriles is 1. The molecule has 0 saturated heterocycles. The number of esters is 1. The second-order valence-electron chi connectivity index (χ2n) is 11.7. The van der Waals surface area contributed by atoms with E-state index in [1.54, 1.807) is 18.2 Å². The third-order valence-electron chi connectivity index (χ3n) is 8.00. The van der Waals surface area contributed by atoms with Gasteiger partial charge in [-0.1, -0.05) is 12.1 Å². The van der Waals surface area contributed by atoms with Crippen LogP contribution in [0.5, 0.6) is 0 Å². The van der Waals surface area contributed by atoms with E-state index in [2.05, 4.69) is 20.2 Å². The average Bonchev–Trinajstić information content (AvgIpc) is 3.75. The molecule has 0 bridgehead atoms. The normalized spacial score (nSPS) is 17.6. The molecule has 0 radical (unpaired) electrons. The van der Waals surface area contributed by atoms with Crippen molar-refractivity contribution in [2.45, 2.75) is 44.8 Å². The summed E-state index contributed by atoms with van der Waals surface area (Å²) in [5, 5.41) is 18.6. The van der Waals surface area contributed by atoms with Crippen molar-refractivity contribution in [1.82, 2.24) is 4.90 Å². The van der Waals surface area contributed by atoms with Gasteiger partial charge in [-0.2, -0.15) is 18.4 Å². The first-order valence-electron chi connectivity index (χ1n) is 14.0. The summed E-state index contributed by atoms with van der Waals surface area (Å²) in [4.78, 5) is 28.3. The number of halogens is 3. The van der Waals surface area contributed by atoms with E-state index in [1.807, 2.05) is 0 Å². The third kappa shape index (κ3) is 6.83. The van der Waals surface area contributed by atoms with Crippen LogP contribution in [-0.4, -0.2) is 61.6 Å². The molecule has 0 spiro atoms. The van der Waals surface area contributed by atoms with Crippen molar-refractivity contribution < 1.29 is 32.0 Å². The number of alkyl halides is 3. The molecule has 12 heteroatoms. The number of guanidine groups is 1. The maximum atomic E-state index is 13.6. The highest BCUT2D eigenvalue weighted by atomic mass is 19.4. The van der Waals surface area contributed by atoms with Gasteiger partial charge in [-0.3, -0.25) is 15.2 Å². The van der Waals surface area contributed by atoms with Gasteiger partial charge in [0.05, 0.1) is 57.1 Å². The fourth-order valence-electron chi connectivity index (χ4n) is 5.82. The van der Waals surface area contributed by atoms with Crippen LogP contribution in [-0.2, 0) is 22.1 Å². The molecule has 1 saturated carbocycles. The molecule has 4 rings (SSSR count). The highest BCUT2D eigenvalue weighted by Crippen LogP contribution is 2.42. The summed E-state index contributed by atoms with van der Waals surface area (Å²) in [6.45, 7) is 3.41. The number of amides is 2. The minimum atomic E-state index is -4.66. The number of quaternary nitrogens is 1. The summed E-state index contributed by atoms with van der Waals surface area (Å²) >= 11 is 0. The summed E-state index contributed by atoms with van der Waals surface area (Å²) in [7, 11) is 5.50. The number of allylic oxidation sites excluding steroid dienone is 1. The number of aryl methyl sites for hydroxylation is 1. The Labute approximate surface area is 249 Å². The Morgan fingerprint density at radius 2 is 1.88 bits per heavy atom. The molecule has 1 aliphatic heterocycles. The molecule has 0 unspecified atom stereocenters. The van der Waals surface area contributed by atoms with Gasteiger partial charge >= 0.3 is 18.2 Å². The number of hydrogen-bond acceptors (Lipinski definition) is 5. The summed E-state index contributed by atoms with van der Waals surface area (Å²) < 4.78 is 46.6. The Bertz CT molecular complexity index is 1510. The fraction of sp³-hybridized carbons (Fsp3) is 0.419. The van der Waals surface area contributed by atoms with E-state index < -0.39 is 35.7 Å². The van der Waals surface area contributed by atoms with E-state index in [0.717, 1.165) is 59.0 Å². The lowest BCUT2D eigenvalue weighted by Crippen LogP contribution is -2.55. The molecule has 43 heavy (non-hydrogen) atoms. The number of carbonyl (C=O) groups is 2. The molecule has 3 N–H and O–H groups in total. The molecule has 228 valence electrons. The van der Waals surface area contributed by atoms with Crippen molar-refractivity contribution in [3.63, 3.8) is 0 Å². The summed E-state index contributed by atoms with van der Waals surface area (Å²) in [5.74, 6) is -0.629. The van der Waals surface area contributed by atoms with Crippen LogP contribution in [0.15, 0.2) is 53.7 Å². The lowest BCUT2D eigenvalue weighted by molar-refractivity contribution is -0.892. The van der Waals surface area contributed by atoms with Crippen LogP contribution in [0.25, 0.3) is 0 Å². The van der Waals surface area contributed by atoms with Crippen LogP contribution in [0.3, 0.4) is 0 Å². The molecule has 1 heterocycles. The zero-order chi connectivity index (χ0) is 31.7. The second kappa shape index (κ2) is 12.1. The monoisotopic (exact) mass is 597 g/mol. The second-order valence-corrected chi connectivity index (χ2v) is 11.7. The first-order valence-corrected chi connectivity index (χ1v) is 14.0. The first-order chi connectivity index (χ1) is 20.2. The first kappa shape index (κ1) is 31.6. The standard InChI is InChI=1S/C31H35F3N6O3/c1-19-26(28(41)43-4)27(39(30(37)42)29(36)38(19)24-9-5-8-23(16-24)31(32,33)34)25-13-12-21(17-35)15-22(25)7-6-14-40(2,3)18-20-10-11-20/h5,8-9,12-13,15-16,20,27,36H,6-7,10-11,14,18H2,1-4H3,(H-,37,42)/p+1/t27-/m1/s1. The van der Waals surface area contributed by atoms with Crippen LogP contribution in [0.1, 0.15) is 54.5 Å². The number of benzene rings is 2. The van der Waals surface area contributed by atoms with Gasteiger partial charge in [-0.15, -0.1) is 0 Å². The minimum absolute atomic E-state index is 0.0643. The summed E-state index contributed by atoms with van der Waals surface area (Å²) in [6.07, 6.45) is -0.919. The average molecular weight is 598 g/mol. The van der Waals surface area contributed by atoms with E-state index >= 15 is 0 Å². The predicted molar refractivity (Wildman–Crippen MR) is 155 cm³/mol. The highest BCUT2D eigenvalue weighted by Gasteiger charge is 2.44. The van der Waals surface area contributed by atoms with Gasteiger partial charge in [-0.25, -0.2) is 9.59 Å². The number of methoxy groups -OCH3 is 1. The number of hydrogen-bond donors (Lipinski definition) is 2. The van der Waals surface area contributed by atoms with Crippen LogP contribution >= 0.6 is 0 Å². The quantitative estimate of drug-likeness (QED) is 0.299. The zero-order valence-electron chi connectivity index (χ0n) is 24.7. The largest absolute Gasteiger partial charge is 0.466 e. The lowest BCUT2D eigenvalue weighted by atomic mass is 9.87. The maximum Gasteiger partial charge on any atom is 0.416 e. The van der Waals surface area contributed by atoms with Crippen molar-refractivity contribution in [2.75, 3.05) is 39.2 Å². The number of nitrogens with two attached hydrogens (primary N) is 1. The number of rotatable bonds is 9. The highest BCUT2D eigenvalue weighted by molar-refractivity contribution is 6.10. The SMILES string of the molecule is COC(=O)C1=C(C)N(c2cccc(C(F)(F)F)c2)C(=N)N(C(N)=O)[C@@H]1c1ccc(C#N)cc1CCC[N+](C)(C)CC1CC1. The van der Waals surface area contributed by atoms with Gasteiger partial charge in [0.15, 0.2) is 0 Å². The Morgan fingerprint density at radius 1 is 1.19 bits per heavy atom. The van der Waals surface area contributed by atoms with E-state index in [4.69, 9.17) is 15.9 Å². The Kier molecular flexibility index (Phi) is 8.87. The van der Waals surface area contributed by atoms with Gasteiger partial charge in [0, 0.05) is 23.7 Å². The summed E-state index contributed by atoms with van der Waals surface area (Å²) in [6, 6.07) is 8.95. The minimum Gasteiger partial charge on any atom is -0.466 e. The van der Waals surface area contributed by atoms with Crippen LogP contribution in [0.2, 0.25) is 0 Å². The number of anilines is 1. The van der Waals surface area contributed by atoms with Crippen molar-refractivity contribution >= 4 is 23.6 Å². The molecular weight excluding hydrogens is 561 g/mol. The number of nitrogens with one attached hydrogen (secondary N) is 1. The van der Waals surface area contributed by atoms with Gasteiger partial charge in [0.2, 0.25) is 5.96 Å². The van der Waals surface area contributed by atoms with Gasteiger partial charge < -0.3 is 15.0 Å². The summed E-state index contributed by atoms with van der Waals surface area (Å²) in [5.41, 5.74) is 6.34. The molecule has 2 aromatic carbocycles. The van der Waals surface area contributed by atoms with Crippen molar-refractivity contribution in [3.8, 4) is 6.07 Å². The predicted octanol–water partition coefficient (Wildman–Crippen LogP) is 5.32. The molecule has 2 amide bonds. The molecule has 9 nitrogen and oxygen atoms in total. The number of urea groups is 1. The van der Waals surface area contributed by atoms with Gasteiger partial charge in [0.1, 0.15) is 6.04 Å². The van der Waals surface area contributed by atoms with Crippen molar-refractivity contribution in [2.24, 2.45) is 11.7 Å². The van der Waals surface area contributed by atoms with Crippen LogP contribution in [0, 0.1) is 22.7 Å². The Hall–Kier alpha value is -4.37. The van der Waals surface area contributed by atoms with Gasteiger partial charge in [-0.05, 0) is 67.6 Å². The number of ether oxygens (including phenoxy) is 1. The molecule has 2 aromatic rings. The van der Waals surface area contributed by atoms with Gasteiger partial charge in [0.25, 0.3) is 0 Å². The van der Waals surface area contributed by atoms with E-state index in [-0.39, 0.29) is 17.0 Å². The van der Waals surface area contributed by atoms with E-state index in [9.17, 15) is 28.0 Å². The smallest absolute Gasteiger partial charge is 0.416 e.